The number of nitrogens with zero attached hydrogens (tertiary/aromatic N) is 1. The summed E-state index contributed by atoms with van der Waals surface area (Å²) in [5.41, 5.74) is 0.495. The van der Waals surface area contributed by atoms with E-state index in [9.17, 15) is 9.90 Å². The van der Waals surface area contributed by atoms with Crippen LogP contribution in [0.2, 0.25) is 5.02 Å². The third-order valence-corrected chi connectivity index (χ3v) is 3.77. The van der Waals surface area contributed by atoms with Crippen molar-refractivity contribution in [3.05, 3.63) is 28.8 Å². The Morgan fingerprint density at radius 1 is 1.44 bits per heavy atom. The Hall–Kier alpha value is -0.930. The lowest BCUT2D eigenvalue weighted by atomic mass is 9.91. The van der Waals surface area contributed by atoms with Crippen LogP contribution in [-0.2, 0) is 0 Å². The standard InChI is InChI=1S/C13H15Cl2NO2/c14-6-7-16(10-2-1-3-10)13(18)9-4-5-12(17)11(15)8-9/h4-5,8,10,17H,1-3,6-7H2. The van der Waals surface area contributed by atoms with E-state index < -0.39 is 0 Å². The van der Waals surface area contributed by atoms with Gasteiger partial charge in [0, 0.05) is 24.0 Å². The summed E-state index contributed by atoms with van der Waals surface area (Å²) in [6.45, 7) is 0.545. The Morgan fingerprint density at radius 3 is 2.67 bits per heavy atom. The first-order valence-electron chi connectivity index (χ1n) is 5.99. The lowest BCUT2D eigenvalue weighted by molar-refractivity contribution is 0.0598. The number of hydrogen-bond acceptors (Lipinski definition) is 2. The molecule has 0 aromatic heterocycles. The van der Waals surface area contributed by atoms with Crippen LogP contribution in [-0.4, -0.2) is 34.4 Å². The molecule has 98 valence electrons. The van der Waals surface area contributed by atoms with Crippen molar-refractivity contribution in [1.82, 2.24) is 4.90 Å². The molecule has 18 heavy (non-hydrogen) atoms. The van der Waals surface area contributed by atoms with Crippen molar-refractivity contribution < 1.29 is 9.90 Å². The van der Waals surface area contributed by atoms with Crippen LogP contribution in [0.1, 0.15) is 29.6 Å². The quantitative estimate of drug-likeness (QED) is 0.864. The molecule has 1 fully saturated rings. The fourth-order valence-electron chi connectivity index (χ4n) is 2.05. The van der Waals surface area contributed by atoms with Crippen LogP contribution in [0.25, 0.3) is 0 Å². The van der Waals surface area contributed by atoms with Crippen molar-refractivity contribution in [3.8, 4) is 5.75 Å². The molecule has 1 aliphatic carbocycles. The molecule has 0 unspecified atom stereocenters. The number of aromatic hydroxyl groups is 1. The molecule has 3 nitrogen and oxygen atoms in total. The van der Waals surface area contributed by atoms with Gasteiger partial charge in [0.05, 0.1) is 5.02 Å². The largest absolute Gasteiger partial charge is 0.506 e. The smallest absolute Gasteiger partial charge is 0.254 e. The van der Waals surface area contributed by atoms with Gasteiger partial charge < -0.3 is 10.0 Å². The van der Waals surface area contributed by atoms with Gasteiger partial charge in [0.1, 0.15) is 5.75 Å². The molecule has 5 heteroatoms. The molecule has 2 rings (SSSR count). The van der Waals surface area contributed by atoms with Crippen LogP contribution in [0, 0.1) is 0 Å². The molecular formula is C13H15Cl2NO2. The van der Waals surface area contributed by atoms with Crippen LogP contribution in [0.4, 0.5) is 0 Å². The lowest BCUT2D eigenvalue weighted by Gasteiger charge is -2.37. The first-order valence-corrected chi connectivity index (χ1v) is 6.90. The van der Waals surface area contributed by atoms with Crippen LogP contribution in [0.5, 0.6) is 5.75 Å². The van der Waals surface area contributed by atoms with Crippen molar-refractivity contribution in [2.24, 2.45) is 0 Å². The van der Waals surface area contributed by atoms with Crippen molar-refractivity contribution >= 4 is 29.1 Å². The summed E-state index contributed by atoms with van der Waals surface area (Å²) in [6, 6.07) is 4.82. The number of benzene rings is 1. The number of rotatable bonds is 4. The highest BCUT2D eigenvalue weighted by Gasteiger charge is 2.29. The van der Waals surface area contributed by atoms with Crippen molar-refractivity contribution in [1.29, 1.82) is 0 Å². The highest BCUT2D eigenvalue weighted by Crippen LogP contribution is 2.28. The van der Waals surface area contributed by atoms with Crippen molar-refractivity contribution in [3.63, 3.8) is 0 Å². The average Bonchev–Trinajstić information content (AvgIpc) is 2.29. The van der Waals surface area contributed by atoms with E-state index in [2.05, 4.69) is 0 Å². The Kier molecular flexibility index (Phi) is 4.36. The molecule has 0 bridgehead atoms. The molecule has 0 aliphatic heterocycles. The van der Waals surface area contributed by atoms with Crippen LogP contribution >= 0.6 is 23.2 Å². The number of phenols is 1. The van der Waals surface area contributed by atoms with E-state index in [0.29, 0.717) is 24.0 Å². The number of amides is 1. The van der Waals surface area contributed by atoms with E-state index in [0.717, 1.165) is 19.3 Å². The predicted molar refractivity (Wildman–Crippen MR) is 72.5 cm³/mol. The Morgan fingerprint density at radius 2 is 2.17 bits per heavy atom. The Balaban J connectivity index is 2.18. The zero-order valence-corrected chi connectivity index (χ0v) is 11.4. The van der Waals surface area contributed by atoms with E-state index in [1.165, 1.54) is 12.1 Å². The van der Waals surface area contributed by atoms with Gasteiger partial charge in [-0.3, -0.25) is 4.79 Å². The van der Waals surface area contributed by atoms with Gasteiger partial charge in [0.15, 0.2) is 0 Å². The van der Waals surface area contributed by atoms with E-state index in [-0.39, 0.29) is 16.7 Å². The van der Waals surface area contributed by atoms with Gasteiger partial charge in [0.2, 0.25) is 0 Å². The second-order valence-corrected chi connectivity index (χ2v) is 5.22. The topological polar surface area (TPSA) is 40.5 Å². The molecule has 1 amide bonds. The molecule has 1 aromatic carbocycles. The third kappa shape index (κ3) is 2.73. The van der Waals surface area contributed by atoms with Gasteiger partial charge in [0.25, 0.3) is 5.91 Å². The van der Waals surface area contributed by atoms with Gasteiger partial charge >= 0.3 is 0 Å². The van der Waals surface area contributed by atoms with Crippen molar-refractivity contribution in [2.45, 2.75) is 25.3 Å². The zero-order chi connectivity index (χ0) is 13.1. The van der Waals surface area contributed by atoms with Crippen LogP contribution in [0.3, 0.4) is 0 Å². The van der Waals surface area contributed by atoms with Gasteiger partial charge in [-0.05, 0) is 37.5 Å². The minimum atomic E-state index is -0.0674. The molecular weight excluding hydrogens is 273 g/mol. The first kappa shape index (κ1) is 13.5. The molecule has 0 spiro atoms. The van der Waals surface area contributed by atoms with E-state index in [1.54, 1.807) is 11.0 Å². The zero-order valence-electron chi connectivity index (χ0n) is 9.90. The molecule has 0 saturated heterocycles. The highest BCUT2D eigenvalue weighted by molar-refractivity contribution is 6.32. The van der Waals surface area contributed by atoms with Crippen LogP contribution in [0.15, 0.2) is 18.2 Å². The minimum Gasteiger partial charge on any atom is -0.506 e. The maximum Gasteiger partial charge on any atom is 0.254 e. The number of carbonyl (C=O) groups is 1. The molecule has 1 saturated carbocycles. The monoisotopic (exact) mass is 287 g/mol. The number of hydrogen-bond donors (Lipinski definition) is 1. The summed E-state index contributed by atoms with van der Waals surface area (Å²) in [5.74, 6) is 0.344. The van der Waals surface area contributed by atoms with E-state index >= 15 is 0 Å². The predicted octanol–water partition coefficient (Wildman–Crippen LogP) is 3.28. The normalized spacial score (nSPS) is 15.2. The number of alkyl halides is 1. The summed E-state index contributed by atoms with van der Waals surface area (Å²) >= 11 is 11.6. The summed E-state index contributed by atoms with van der Waals surface area (Å²) < 4.78 is 0. The fraction of sp³-hybridized carbons (Fsp3) is 0.462. The minimum absolute atomic E-state index is 0.0132. The second kappa shape index (κ2) is 5.81. The maximum absolute atomic E-state index is 12.4. The molecule has 1 aromatic rings. The summed E-state index contributed by atoms with van der Waals surface area (Å²) in [5, 5.41) is 9.55. The second-order valence-electron chi connectivity index (χ2n) is 4.44. The number of phenolic OH excluding ortho intramolecular Hbond substituents is 1. The molecule has 0 heterocycles. The average molecular weight is 288 g/mol. The third-order valence-electron chi connectivity index (χ3n) is 3.30. The number of halogens is 2. The highest BCUT2D eigenvalue weighted by atomic mass is 35.5. The Labute approximate surface area is 116 Å². The Bertz CT molecular complexity index is 447. The van der Waals surface area contributed by atoms with Gasteiger partial charge in [-0.25, -0.2) is 0 Å². The fourth-order valence-corrected chi connectivity index (χ4v) is 2.41. The van der Waals surface area contributed by atoms with Crippen molar-refractivity contribution in [2.75, 3.05) is 12.4 Å². The van der Waals surface area contributed by atoms with Gasteiger partial charge in [-0.1, -0.05) is 11.6 Å². The van der Waals surface area contributed by atoms with Gasteiger partial charge in [-0.2, -0.15) is 0 Å². The molecule has 0 atom stereocenters. The van der Waals surface area contributed by atoms with E-state index in [1.807, 2.05) is 0 Å². The van der Waals surface area contributed by atoms with Crippen LogP contribution < -0.4 is 0 Å². The van der Waals surface area contributed by atoms with E-state index in [4.69, 9.17) is 23.2 Å². The van der Waals surface area contributed by atoms with Gasteiger partial charge in [-0.15, -0.1) is 11.6 Å². The maximum atomic E-state index is 12.4. The summed E-state index contributed by atoms with van der Waals surface area (Å²) in [7, 11) is 0. The lowest BCUT2D eigenvalue weighted by Crippen LogP contribution is -2.45. The first-order chi connectivity index (χ1) is 8.63. The molecule has 0 radical (unpaired) electrons. The molecule has 1 aliphatic rings. The summed E-state index contributed by atoms with van der Waals surface area (Å²) in [6.07, 6.45) is 3.23. The SMILES string of the molecule is O=C(c1ccc(O)c(Cl)c1)N(CCCl)C1CCC1. The number of carbonyl (C=O) groups excluding carboxylic acids is 1. The summed E-state index contributed by atoms with van der Waals surface area (Å²) in [4.78, 5) is 14.2. The molecule has 1 N–H and O–H groups in total.